The van der Waals surface area contributed by atoms with Gasteiger partial charge in [0.25, 0.3) is 0 Å². The van der Waals surface area contributed by atoms with Gasteiger partial charge in [-0.1, -0.05) is 6.07 Å². The molecular weight excluding hydrogens is 383 g/mol. The number of guanidine groups is 1. The highest BCUT2D eigenvalue weighted by Crippen LogP contribution is 2.12. The minimum absolute atomic E-state index is 0.0270. The molecule has 1 heterocycles. The summed E-state index contributed by atoms with van der Waals surface area (Å²) in [7, 11) is -1.74. The van der Waals surface area contributed by atoms with Crippen LogP contribution in [0.4, 0.5) is 4.39 Å². The van der Waals surface area contributed by atoms with Gasteiger partial charge in [0.2, 0.25) is 10.0 Å². The lowest BCUT2D eigenvalue weighted by Crippen LogP contribution is -2.43. The predicted molar refractivity (Wildman–Crippen MR) is 110 cm³/mol. The molecule has 3 N–H and O–H groups in total. The molecule has 1 aromatic carbocycles. The average molecular weight is 415 g/mol. The Balaban J connectivity index is 1.66. The van der Waals surface area contributed by atoms with E-state index in [1.165, 1.54) is 12.1 Å². The van der Waals surface area contributed by atoms with E-state index in [9.17, 15) is 12.8 Å². The maximum Gasteiger partial charge on any atom is 0.213 e. The summed E-state index contributed by atoms with van der Waals surface area (Å²) in [6.45, 7) is 3.76. The van der Waals surface area contributed by atoms with Crippen LogP contribution in [0.25, 0.3) is 0 Å². The van der Waals surface area contributed by atoms with Crippen molar-refractivity contribution in [1.82, 2.24) is 15.4 Å². The fourth-order valence-corrected chi connectivity index (χ4v) is 4.00. The molecule has 0 saturated carbocycles. The van der Waals surface area contributed by atoms with Crippen LogP contribution in [0.2, 0.25) is 0 Å². The molecule has 1 atom stereocenters. The van der Waals surface area contributed by atoms with Crippen molar-refractivity contribution in [3.63, 3.8) is 0 Å². The number of aryl methyl sites for hydroxylation is 1. The molecule has 0 spiro atoms. The maximum atomic E-state index is 13.1. The molecule has 1 saturated heterocycles. The van der Waals surface area contributed by atoms with Crippen molar-refractivity contribution >= 4 is 16.0 Å². The molecule has 158 valence electrons. The summed E-state index contributed by atoms with van der Waals surface area (Å²) in [5, 5.41) is 6.14. The number of sulfonamides is 1. The van der Waals surface area contributed by atoms with Gasteiger partial charge >= 0.3 is 0 Å². The van der Waals surface area contributed by atoms with Gasteiger partial charge in [-0.25, -0.2) is 17.5 Å². The molecule has 0 bridgehead atoms. The Morgan fingerprint density at radius 3 is 2.75 bits per heavy atom. The van der Waals surface area contributed by atoms with Crippen molar-refractivity contribution in [3.8, 4) is 0 Å². The van der Waals surface area contributed by atoms with Gasteiger partial charge in [0.1, 0.15) is 5.82 Å². The quantitative estimate of drug-likeness (QED) is 0.419. The Kier molecular flexibility index (Phi) is 9.14. The zero-order valence-corrected chi connectivity index (χ0v) is 17.4. The van der Waals surface area contributed by atoms with Crippen molar-refractivity contribution in [2.45, 2.75) is 38.7 Å². The topological polar surface area (TPSA) is 91.8 Å². The van der Waals surface area contributed by atoms with Gasteiger partial charge in [-0.05, 0) is 55.9 Å². The normalized spacial score (nSPS) is 18.1. The standard InChI is InChI=1S/C19H31FN4O3S/c1-15-13-17(20)7-6-16(15)8-9-22-19(21-2)23-10-12-28(25,26)24-14-18-5-3-4-11-27-18/h6-7,13,18,24H,3-5,8-12,14H2,1-2H3,(H2,21,22,23). The lowest BCUT2D eigenvalue weighted by atomic mass is 10.1. The van der Waals surface area contributed by atoms with Crippen molar-refractivity contribution in [2.24, 2.45) is 4.99 Å². The highest BCUT2D eigenvalue weighted by atomic mass is 32.2. The zero-order valence-electron chi connectivity index (χ0n) is 16.6. The van der Waals surface area contributed by atoms with Crippen molar-refractivity contribution in [3.05, 3.63) is 35.1 Å². The molecule has 1 fully saturated rings. The Bertz CT molecular complexity index is 750. The van der Waals surface area contributed by atoms with Gasteiger partial charge in [0.05, 0.1) is 11.9 Å². The van der Waals surface area contributed by atoms with Crippen LogP contribution >= 0.6 is 0 Å². The Hall–Kier alpha value is -1.71. The third-order valence-corrected chi connectivity index (χ3v) is 6.03. The van der Waals surface area contributed by atoms with Crippen molar-refractivity contribution in [2.75, 3.05) is 39.0 Å². The van der Waals surface area contributed by atoms with Gasteiger partial charge in [-0.15, -0.1) is 0 Å². The van der Waals surface area contributed by atoms with Crippen LogP contribution in [0.15, 0.2) is 23.2 Å². The number of nitrogens with one attached hydrogen (secondary N) is 3. The summed E-state index contributed by atoms with van der Waals surface area (Å²) in [5.74, 6) is 0.249. The highest BCUT2D eigenvalue weighted by Gasteiger charge is 2.17. The van der Waals surface area contributed by atoms with E-state index in [1.54, 1.807) is 13.1 Å². The van der Waals surface area contributed by atoms with Gasteiger partial charge in [0.15, 0.2) is 5.96 Å². The van der Waals surface area contributed by atoms with Crippen molar-refractivity contribution in [1.29, 1.82) is 0 Å². The van der Waals surface area contributed by atoms with Crippen LogP contribution in [0.1, 0.15) is 30.4 Å². The summed E-state index contributed by atoms with van der Waals surface area (Å²) in [5.41, 5.74) is 1.96. The summed E-state index contributed by atoms with van der Waals surface area (Å²) in [6, 6.07) is 4.74. The third kappa shape index (κ3) is 8.12. The van der Waals surface area contributed by atoms with Gasteiger partial charge in [0, 0.05) is 33.3 Å². The van der Waals surface area contributed by atoms with Gasteiger partial charge in [-0.3, -0.25) is 4.99 Å². The third-order valence-electron chi connectivity index (χ3n) is 4.68. The van der Waals surface area contributed by atoms with E-state index in [4.69, 9.17) is 4.74 Å². The van der Waals surface area contributed by atoms with Crippen LogP contribution in [0, 0.1) is 12.7 Å². The molecule has 1 aliphatic heterocycles. The van der Waals surface area contributed by atoms with Crippen LogP contribution in [0.5, 0.6) is 0 Å². The average Bonchev–Trinajstić information content (AvgIpc) is 2.67. The minimum atomic E-state index is -3.37. The number of aliphatic imine (C=N–C) groups is 1. The number of nitrogens with zero attached hydrogens (tertiary/aromatic N) is 1. The number of halogens is 1. The first-order valence-corrected chi connectivity index (χ1v) is 11.3. The van der Waals surface area contributed by atoms with E-state index in [2.05, 4.69) is 20.3 Å². The smallest absolute Gasteiger partial charge is 0.213 e. The molecule has 1 aromatic rings. The predicted octanol–water partition coefficient (Wildman–Crippen LogP) is 1.33. The van der Waals surface area contributed by atoms with E-state index in [0.717, 1.165) is 30.4 Å². The Labute approximate surface area is 167 Å². The lowest BCUT2D eigenvalue weighted by Gasteiger charge is -2.22. The van der Waals surface area contributed by atoms with Crippen LogP contribution in [-0.2, 0) is 21.2 Å². The van der Waals surface area contributed by atoms with E-state index in [-0.39, 0.29) is 24.2 Å². The molecular formula is C19H31FN4O3S. The molecule has 7 nitrogen and oxygen atoms in total. The molecule has 1 unspecified atom stereocenters. The first kappa shape index (κ1) is 22.6. The summed E-state index contributed by atoms with van der Waals surface area (Å²) in [4.78, 5) is 4.09. The van der Waals surface area contributed by atoms with Gasteiger partial charge in [-0.2, -0.15) is 0 Å². The number of hydrogen-bond donors (Lipinski definition) is 3. The van der Waals surface area contributed by atoms with Crippen molar-refractivity contribution < 1.29 is 17.5 Å². The first-order valence-electron chi connectivity index (χ1n) is 9.68. The molecule has 0 amide bonds. The number of ether oxygens (including phenoxy) is 1. The van der Waals surface area contributed by atoms with Crippen LogP contribution in [0.3, 0.4) is 0 Å². The van der Waals surface area contributed by atoms with Gasteiger partial charge < -0.3 is 15.4 Å². The van der Waals surface area contributed by atoms with E-state index in [1.807, 2.05) is 6.92 Å². The minimum Gasteiger partial charge on any atom is -0.377 e. The molecule has 0 radical (unpaired) electrons. The fraction of sp³-hybridized carbons (Fsp3) is 0.632. The highest BCUT2D eigenvalue weighted by molar-refractivity contribution is 7.89. The molecule has 0 aliphatic carbocycles. The van der Waals surface area contributed by atoms with E-state index >= 15 is 0 Å². The molecule has 28 heavy (non-hydrogen) atoms. The first-order chi connectivity index (χ1) is 13.4. The number of benzene rings is 1. The molecule has 9 heteroatoms. The molecule has 2 rings (SSSR count). The fourth-order valence-electron chi connectivity index (χ4n) is 3.04. The summed E-state index contributed by atoms with van der Waals surface area (Å²) < 4.78 is 45.5. The monoisotopic (exact) mass is 414 g/mol. The second kappa shape index (κ2) is 11.3. The number of hydrogen-bond acceptors (Lipinski definition) is 4. The summed E-state index contributed by atoms with van der Waals surface area (Å²) >= 11 is 0. The lowest BCUT2D eigenvalue weighted by molar-refractivity contribution is 0.0200. The second-order valence-electron chi connectivity index (χ2n) is 6.90. The van der Waals surface area contributed by atoms with E-state index in [0.29, 0.717) is 32.1 Å². The Morgan fingerprint density at radius 1 is 1.29 bits per heavy atom. The Morgan fingerprint density at radius 2 is 2.07 bits per heavy atom. The molecule has 0 aromatic heterocycles. The number of rotatable bonds is 9. The zero-order chi connectivity index (χ0) is 20.4. The summed E-state index contributed by atoms with van der Waals surface area (Å²) in [6.07, 6.45) is 3.70. The second-order valence-corrected chi connectivity index (χ2v) is 8.83. The maximum absolute atomic E-state index is 13.1. The van der Waals surface area contributed by atoms with E-state index < -0.39 is 10.0 Å². The van der Waals surface area contributed by atoms with Crippen LogP contribution < -0.4 is 15.4 Å². The molecule has 1 aliphatic rings. The largest absolute Gasteiger partial charge is 0.377 e. The SMILES string of the molecule is CN=C(NCCc1ccc(F)cc1C)NCCS(=O)(=O)NCC1CCCCO1. The van der Waals surface area contributed by atoms with Crippen LogP contribution in [-0.4, -0.2) is 59.5 Å².